The lowest BCUT2D eigenvalue weighted by Crippen LogP contribution is -2.42. The molecule has 2 N–H and O–H groups in total. The molecule has 2 amide bonds. The lowest BCUT2D eigenvalue weighted by Gasteiger charge is -2.09. The molecular weight excluding hydrogens is 319 g/mol. The molecule has 10 heteroatoms. The summed E-state index contributed by atoms with van der Waals surface area (Å²) in [4.78, 5) is 34.5. The molecule has 0 saturated heterocycles. The van der Waals surface area contributed by atoms with Crippen molar-refractivity contribution in [1.82, 2.24) is 15.2 Å². The molecule has 0 spiro atoms. The van der Waals surface area contributed by atoms with Gasteiger partial charge in [-0.25, -0.2) is 4.79 Å². The highest BCUT2D eigenvalue weighted by Gasteiger charge is 2.27. The number of fused-ring (bicyclic) bond motifs is 1. The topological polar surface area (TPSA) is 93.3 Å². The average Bonchev–Trinajstić information content (AvgIpc) is 2.78. The van der Waals surface area contributed by atoms with Crippen molar-refractivity contribution in [1.29, 1.82) is 0 Å². The summed E-state index contributed by atoms with van der Waals surface area (Å²) < 4.78 is 41.7. The number of hydrogen-bond acceptors (Lipinski definition) is 4. The zero-order valence-electron chi connectivity index (χ0n) is 11.6. The number of para-hydroxylation sites is 2. The number of carbonyl (C=O) groups is 2. The Morgan fingerprint density at radius 1 is 1.13 bits per heavy atom. The van der Waals surface area contributed by atoms with E-state index in [2.05, 4.69) is 5.32 Å². The molecular formula is C13H12F3N3O4. The third-order valence-electron chi connectivity index (χ3n) is 2.81. The molecule has 7 nitrogen and oxygen atoms in total. The number of halogens is 3. The summed E-state index contributed by atoms with van der Waals surface area (Å²) in [6.07, 6.45) is -4.53. The van der Waals surface area contributed by atoms with Crippen molar-refractivity contribution in [3.05, 3.63) is 34.8 Å². The number of carbonyl (C=O) groups excluding carboxylic acids is 2. The molecule has 2 aromatic rings. The van der Waals surface area contributed by atoms with Crippen molar-refractivity contribution >= 4 is 22.9 Å². The van der Waals surface area contributed by atoms with Crippen molar-refractivity contribution in [3.63, 3.8) is 0 Å². The van der Waals surface area contributed by atoms with E-state index in [4.69, 9.17) is 4.42 Å². The summed E-state index contributed by atoms with van der Waals surface area (Å²) >= 11 is 0. The van der Waals surface area contributed by atoms with E-state index in [1.54, 1.807) is 29.6 Å². The van der Waals surface area contributed by atoms with Crippen LogP contribution in [0.2, 0.25) is 0 Å². The Morgan fingerprint density at radius 2 is 1.83 bits per heavy atom. The number of aromatic nitrogens is 1. The summed E-state index contributed by atoms with van der Waals surface area (Å²) in [5, 5.41) is 3.74. The number of benzene rings is 1. The molecule has 0 fully saturated rings. The number of rotatable bonds is 5. The molecule has 1 heterocycles. The van der Waals surface area contributed by atoms with Gasteiger partial charge in [0.1, 0.15) is 13.1 Å². The molecule has 0 saturated carbocycles. The van der Waals surface area contributed by atoms with Gasteiger partial charge in [-0.1, -0.05) is 12.1 Å². The minimum absolute atomic E-state index is 0.299. The molecule has 0 atom stereocenters. The van der Waals surface area contributed by atoms with Crippen LogP contribution in [-0.2, 0) is 16.1 Å². The number of oxazole rings is 1. The standard InChI is InChI=1S/C13H12F3N3O4/c14-13(15,16)7-18-10(20)5-17-11(21)6-19-8-3-1-2-4-9(8)23-12(19)22/h1-4H,5-7H2,(H,17,21)(H,18,20). The van der Waals surface area contributed by atoms with E-state index in [-0.39, 0.29) is 0 Å². The van der Waals surface area contributed by atoms with E-state index in [1.165, 1.54) is 0 Å². The van der Waals surface area contributed by atoms with Crippen LogP contribution < -0.4 is 16.4 Å². The zero-order valence-corrected chi connectivity index (χ0v) is 11.6. The number of nitrogens with zero attached hydrogens (tertiary/aromatic N) is 1. The maximum atomic E-state index is 11.9. The van der Waals surface area contributed by atoms with E-state index in [0.717, 1.165) is 4.57 Å². The van der Waals surface area contributed by atoms with Gasteiger partial charge in [0.2, 0.25) is 11.8 Å². The van der Waals surface area contributed by atoms with Crippen molar-refractivity contribution in [3.8, 4) is 0 Å². The first kappa shape index (κ1) is 16.6. The second kappa shape index (κ2) is 6.55. The summed E-state index contributed by atoms with van der Waals surface area (Å²) in [7, 11) is 0. The number of alkyl halides is 3. The Kier molecular flexibility index (Phi) is 4.72. The van der Waals surface area contributed by atoms with Crippen LogP contribution in [0.3, 0.4) is 0 Å². The molecule has 1 aromatic heterocycles. The second-order valence-corrected chi connectivity index (χ2v) is 4.59. The summed E-state index contributed by atoms with van der Waals surface area (Å²) in [6.45, 7) is -2.52. The monoisotopic (exact) mass is 331 g/mol. The molecule has 0 radical (unpaired) electrons. The predicted octanol–water partition coefficient (Wildman–Crippen LogP) is 0.389. The fourth-order valence-corrected chi connectivity index (χ4v) is 1.80. The van der Waals surface area contributed by atoms with E-state index in [1.807, 2.05) is 0 Å². The molecule has 23 heavy (non-hydrogen) atoms. The fourth-order valence-electron chi connectivity index (χ4n) is 1.80. The van der Waals surface area contributed by atoms with Crippen LogP contribution >= 0.6 is 0 Å². The first-order valence-electron chi connectivity index (χ1n) is 6.45. The van der Waals surface area contributed by atoms with Gasteiger partial charge in [0.25, 0.3) is 0 Å². The molecule has 0 aliphatic heterocycles. The first-order valence-corrected chi connectivity index (χ1v) is 6.45. The molecule has 124 valence electrons. The van der Waals surface area contributed by atoms with Crippen molar-refractivity contribution in [2.75, 3.05) is 13.1 Å². The van der Waals surface area contributed by atoms with Crippen LogP contribution in [0.25, 0.3) is 11.1 Å². The number of nitrogens with one attached hydrogen (secondary N) is 2. The van der Waals surface area contributed by atoms with Crippen LogP contribution in [0.4, 0.5) is 13.2 Å². The maximum Gasteiger partial charge on any atom is 0.420 e. The molecule has 0 aliphatic carbocycles. The molecule has 2 rings (SSSR count). The summed E-state index contributed by atoms with van der Waals surface area (Å²) in [5.74, 6) is -2.44. The van der Waals surface area contributed by atoms with E-state index >= 15 is 0 Å². The SMILES string of the molecule is O=C(CNC(=O)Cn1c(=O)oc2ccccc21)NCC(F)(F)F. The lowest BCUT2D eigenvalue weighted by atomic mass is 10.3. The third-order valence-corrected chi connectivity index (χ3v) is 2.81. The second-order valence-electron chi connectivity index (χ2n) is 4.59. The van der Waals surface area contributed by atoms with Gasteiger partial charge < -0.3 is 15.1 Å². The molecule has 0 unspecified atom stereocenters. The first-order chi connectivity index (χ1) is 10.8. The van der Waals surface area contributed by atoms with Gasteiger partial charge in [0, 0.05) is 0 Å². The Labute approximate surface area is 127 Å². The highest BCUT2D eigenvalue weighted by Crippen LogP contribution is 2.12. The van der Waals surface area contributed by atoms with E-state index in [0.29, 0.717) is 11.1 Å². The molecule has 0 bridgehead atoms. The van der Waals surface area contributed by atoms with Gasteiger partial charge in [-0.2, -0.15) is 13.2 Å². The van der Waals surface area contributed by atoms with Crippen molar-refractivity contribution in [2.24, 2.45) is 0 Å². The van der Waals surface area contributed by atoms with Gasteiger partial charge in [-0.15, -0.1) is 0 Å². The van der Waals surface area contributed by atoms with Crippen LogP contribution in [0.15, 0.2) is 33.5 Å². The smallest absolute Gasteiger partial charge is 0.408 e. The van der Waals surface area contributed by atoms with Gasteiger partial charge in [-0.3, -0.25) is 14.2 Å². The van der Waals surface area contributed by atoms with Gasteiger partial charge in [0.15, 0.2) is 5.58 Å². The Bertz CT molecular complexity index is 779. The van der Waals surface area contributed by atoms with Crippen LogP contribution in [-0.4, -0.2) is 35.6 Å². The molecule has 0 aliphatic rings. The highest BCUT2D eigenvalue weighted by molar-refractivity contribution is 5.85. The van der Waals surface area contributed by atoms with Crippen LogP contribution in [0.1, 0.15) is 0 Å². The number of hydrogen-bond donors (Lipinski definition) is 2. The van der Waals surface area contributed by atoms with E-state index in [9.17, 15) is 27.6 Å². The van der Waals surface area contributed by atoms with Crippen LogP contribution in [0.5, 0.6) is 0 Å². The quantitative estimate of drug-likeness (QED) is 0.829. The van der Waals surface area contributed by atoms with Crippen molar-refractivity contribution in [2.45, 2.75) is 12.7 Å². The Balaban J connectivity index is 1.91. The number of amides is 2. The minimum Gasteiger partial charge on any atom is -0.408 e. The normalized spacial score (nSPS) is 11.4. The summed E-state index contributed by atoms with van der Waals surface area (Å²) in [5.41, 5.74) is 0.697. The predicted molar refractivity (Wildman–Crippen MR) is 72.5 cm³/mol. The fraction of sp³-hybridized carbons (Fsp3) is 0.308. The van der Waals surface area contributed by atoms with E-state index < -0.39 is 43.4 Å². The average molecular weight is 331 g/mol. The third kappa shape index (κ3) is 4.59. The van der Waals surface area contributed by atoms with Crippen molar-refractivity contribution < 1.29 is 27.2 Å². The zero-order chi connectivity index (χ0) is 17.0. The lowest BCUT2D eigenvalue weighted by molar-refractivity contribution is -0.138. The highest BCUT2D eigenvalue weighted by atomic mass is 19.4. The van der Waals surface area contributed by atoms with Crippen LogP contribution in [0, 0.1) is 0 Å². The molecule has 1 aromatic carbocycles. The van der Waals surface area contributed by atoms with Gasteiger partial charge in [0.05, 0.1) is 12.1 Å². The maximum absolute atomic E-state index is 11.9. The van der Waals surface area contributed by atoms with Gasteiger partial charge in [-0.05, 0) is 12.1 Å². The largest absolute Gasteiger partial charge is 0.420 e. The summed E-state index contributed by atoms with van der Waals surface area (Å²) in [6, 6.07) is 6.43. The van der Waals surface area contributed by atoms with Gasteiger partial charge >= 0.3 is 11.9 Å². The Morgan fingerprint density at radius 3 is 2.52 bits per heavy atom. The minimum atomic E-state index is -4.53. The Hall–Kier alpha value is -2.78.